The van der Waals surface area contributed by atoms with Crippen molar-refractivity contribution >= 4 is 30.0 Å². The Labute approximate surface area is 167 Å². The van der Waals surface area contributed by atoms with E-state index in [9.17, 15) is 9.59 Å². The van der Waals surface area contributed by atoms with Crippen LogP contribution >= 0.6 is 12.4 Å². The van der Waals surface area contributed by atoms with Crippen LogP contribution in [0.25, 0.3) is 0 Å². The van der Waals surface area contributed by atoms with Gasteiger partial charge in [0.2, 0.25) is 0 Å². The number of carbonyl (C=O) groups excluding carboxylic acids is 1. The van der Waals surface area contributed by atoms with Gasteiger partial charge in [0.1, 0.15) is 0 Å². The Balaban J connectivity index is 0.00000261. The molecule has 6 nitrogen and oxygen atoms in total. The van der Waals surface area contributed by atoms with Crippen LogP contribution in [0.1, 0.15) is 48.9 Å². The monoisotopic (exact) mass is 395 g/mol. The van der Waals surface area contributed by atoms with Crippen LogP contribution in [-0.2, 0) is 4.79 Å². The number of hydrogen-bond acceptors (Lipinski definition) is 4. The first-order valence-corrected chi connectivity index (χ1v) is 9.70. The van der Waals surface area contributed by atoms with Gasteiger partial charge in [0.05, 0.1) is 0 Å². The van der Waals surface area contributed by atoms with Crippen molar-refractivity contribution in [1.82, 2.24) is 10.6 Å². The second-order valence-corrected chi connectivity index (χ2v) is 7.41. The minimum Gasteiger partial charge on any atom is -0.481 e. The summed E-state index contributed by atoms with van der Waals surface area (Å²) in [7, 11) is 0. The minimum atomic E-state index is -0.718. The zero-order valence-corrected chi connectivity index (χ0v) is 16.5. The number of halogens is 1. The van der Waals surface area contributed by atoms with Crippen LogP contribution in [0.2, 0.25) is 0 Å². The normalized spacial score (nSPS) is 22.6. The molecule has 1 heterocycles. The number of aliphatic carboxylic acids is 1. The Hall–Kier alpha value is -1.79. The molecule has 27 heavy (non-hydrogen) atoms. The molecule has 150 valence electrons. The number of carboxylic acid groups (broad SMARTS) is 1. The van der Waals surface area contributed by atoms with E-state index in [1.54, 1.807) is 0 Å². The smallest absolute Gasteiger partial charge is 0.303 e. The molecule has 1 aliphatic carbocycles. The summed E-state index contributed by atoms with van der Waals surface area (Å²) in [6.45, 7) is 3.99. The van der Waals surface area contributed by atoms with E-state index in [0.717, 1.165) is 58.3 Å². The van der Waals surface area contributed by atoms with Crippen molar-refractivity contribution in [2.75, 3.05) is 31.1 Å². The van der Waals surface area contributed by atoms with Crippen LogP contribution in [0, 0.1) is 5.92 Å². The molecule has 1 aliphatic heterocycles. The third-order valence-corrected chi connectivity index (χ3v) is 5.56. The largest absolute Gasteiger partial charge is 0.481 e. The number of nitrogens with one attached hydrogen (secondary N) is 2. The van der Waals surface area contributed by atoms with Gasteiger partial charge in [-0.25, -0.2) is 0 Å². The van der Waals surface area contributed by atoms with Gasteiger partial charge in [-0.15, -0.1) is 12.4 Å². The molecule has 1 aromatic rings. The third kappa shape index (κ3) is 6.40. The van der Waals surface area contributed by atoms with Gasteiger partial charge in [-0.3, -0.25) is 9.59 Å². The summed E-state index contributed by atoms with van der Waals surface area (Å²) >= 11 is 0. The van der Waals surface area contributed by atoms with Crippen molar-refractivity contribution in [3.63, 3.8) is 0 Å². The van der Waals surface area contributed by atoms with E-state index in [2.05, 4.69) is 15.5 Å². The van der Waals surface area contributed by atoms with Crippen LogP contribution in [0.15, 0.2) is 24.3 Å². The second-order valence-electron chi connectivity index (χ2n) is 7.41. The van der Waals surface area contributed by atoms with Gasteiger partial charge in [0, 0.05) is 49.9 Å². The van der Waals surface area contributed by atoms with Crippen LogP contribution in [0.3, 0.4) is 0 Å². The van der Waals surface area contributed by atoms with Crippen LogP contribution in [0.5, 0.6) is 0 Å². The number of anilines is 1. The first kappa shape index (κ1) is 21.5. The molecule has 0 unspecified atom stereocenters. The summed E-state index contributed by atoms with van der Waals surface area (Å²) in [6, 6.07) is 8.08. The predicted molar refractivity (Wildman–Crippen MR) is 109 cm³/mol. The molecule has 7 heteroatoms. The summed E-state index contributed by atoms with van der Waals surface area (Å²) in [5.74, 6) is -0.242. The Morgan fingerprint density at radius 3 is 2.30 bits per heavy atom. The highest BCUT2D eigenvalue weighted by atomic mass is 35.5. The quantitative estimate of drug-likeness (QED) is 0.689. The van der Waals surface area contributed by atoms with Crippen molar-refractivity contribution in [2.45, 2.75) is 44.6 Å². The Morgan fingerprint density at radius 2 is 1.70 bits per heavy atom. The Bertz CT molecular complexity index is 609. The molecule has 3 N–H and O–H groups in total. The number of amides is 1. The summed E-state index contributed by atoms with van der Waals surface area (Å²) < 4.78 is 0. The molecule has 0 aromatic heterocycles. The van der Waals surface area contributed by atoms with Crippen molar-refractivity contribution < 1.29 is 14.7 Å². The number of hydrogen-bond donors (Lipinski definition) is 3. The fourth-order valence-electron chi connectivity index (χ4n) is 3.94. The third-order valence-electron chi connectivity index (χ3n) is 5.56. The lowest BCUT2D eigenvalue weighted by atomic mass is 9.83. The Morgan fingerprint density at radius 1 is 1.07 bits per heavy atom. The molecule has 1 aromatic carbocycles. The summed E-state index contributed by atoms with van der Waals surface area (Å²) in [5.41, 5.74) is 1.87. The van der Waals surface area contributed by atoms with Gasteiger partial charge >= 0.3 is 5.97 Å². The van der Waals surface area contributed by atoms with E-state index < -0.39 is 5.97 Å². The minimum absolute atomic E-state index is 0. The van der Waals surface area contributed by atoms with Crippen molar-refractivity contribution in [1.29, 1.82) is 0 Å². The van der Waals surface area contributed by atoms with Crippen LogP contribution in [-0.4, -0.2) is 49.2 Å². The molecular weight excluding hydrogens is 366 g/mol. The summed E-state index contributed by atoms with van der Waals surface area (Å²) in [6.07, 6.45) is 4.88. The zero-order chi connectivity index (χ0) is 18.4. The lowest BCUT2D eigenvalue weighted by Gasteiger charge is -2.30. The van der Waals surface area contributed by atoms with Gasteiger partial charge in [-0.1, -0.05) is 0 Å². The van der Waals surface area contributed by atoms with Gasteiger partial charge in [-0.05, 0) is 62.3 Å². The average Bonchev–Trinajstić information content (AvgIpc) is 2.68. The highest BCUT2D eigenvalue weighted by Crippen LogP contribution is 2.28. The molecule has 0 spiro atoms. The summed E-state index contributed by atoms with van der Waals surface area (Å²) in [4.78, 5) is 25.5. The molecule has 0 radical (unpaired) electrons. The number of piperazine rings is 1. The van der Waals surface area contributed by atoms with Crippen molar-refractivity contribution in [3.05, 3.63) is 29.8 Å². The van der Waals surface area contributed by atoms with Crippen molar-refractivity contribution in [2.24, 2.45) is 5.92 Å². The highest BCUT2D eigenvalue weighted by Gasteiger charge is 2.23. The van der Waals surface area contributed by atoms with E-state index in [1.165, 1.54) is 5.69 Å². The van der Waals surface area contributed by atoms with E-state index in [1.807, 2.05) is 24.3 Å². The average molecular weight is 396 g/mol. The molecule has 1 saturated heterocycles. The van der Waals surface area contributed by atoms with E-state index in [4.69, 9.17) is 5.11 Å². The first-order chi connectivity index (χ1) is 12.6. The first-order valence-electron chi connectivity index (χ1n) is 9.70. The van der Waals surface area contributed by atoms with E-state index in [-0.39, 0.29) is 30.8 Å². The van der Waals surface area contributed by atoms with Gasteiger partial charge in [0.25, 0.3) is 5.91 Å². The van der Waals surface area contributed by atoms with Gasteiger partial charge < -0.3 is 20.6 Å². The number of benzene rings is 1. The lowest BCUT2D eigenvalue weighted by Crippen LogP contribution is -2.43. The standard InChI is InChI=1S/C20H29N3O3.ClH/c24-19(25)10-3-15-1-6-17(7-2-15)22-20(26)16-4-8-18(9-5-16)23-13-11-21-12-14-23;/h4-5,8-9,15,17,21H,1-3,6-7,10-14H2,(H,22,26)(H,24,25);1H. The molecule has 0 atom stereocenters. The number of carbonyl (C=O) groups is 2. The zero-order valence-electron chi connectivity index (χ0n) is 15.7. The van der Waals surface area contributed by atoms with Gasteiger partial charge in [-0.2, -0.15) is 0 Å². The molecule has 1 saturated carbocycles. The van der Waals surface area contributed by atoms with E-state index in [0.29, 0.717) is 11.5 Å². The van der Waals surface area contributed by atoms with Crippen LogP contribution in [0.4, 0.5) is 5.69 Å². The molecule has 0 bridgehead atoms. The Kier molecular flexibility index (Phi) is 8.38. The number of nitrogens with zero attached hydrogens (tertiary/aromatic N) is 1. The molecule has 2 fully saturated rings. The lowest BCUT2D eigenvalue weighted by molar-refractivity contribution is -0.137. The predicted octanol–water partition coefficient (Wildman–Crippen LogP) is 2.67. The molecule has 1 amide bonds. The second kappa shape index (κ2) is 10.5. The number of rotatable bonds is 6. The highest BCUT2D eigenvalue weighted by molar-refractivity contribution is 5.94. The number of carboxylic acids is 1. The maximum atomic E-state index is 12.5. The summed E-state index contributed by atoms with van der Waals surface area (Å²) in [5, 5.41) is 15.3. The SMILES string of the molecule is Cl.O=C(O)CCC1CCC(NC(=O)c2ccc(N3CCNCC3)cc2)CC1. The molecule has 2 aliphatic rings. The van der Waals surface area contributed by atoms with Gasteiger partial charge in [0.15, 0.2) is 0 Å². The van der Waals surface area contributed by atoms with Crippen LogP contribution < -0.4 is 15.5 Å². The maximum absolute atomic E-state index is 12.5. The molecule has 3 rings (SSSR count). The van der Waals surface area contributed by atoms with Crippen molar-refractivity contribution in [3.8, 4) is 0 Å². The molecular formula is C20H30ClN3O3. The van der Waals surface area contributed by atoms with E-state index >= 15 is 0 Å². The maximum Gasteiger partial charge on any atom is 0.303 e. The topological polar surface area (TPSA) is 81.7 Å². The fourth-order valence-corrected chi connectivity index (χ4v) is 3.94. The fraction of sp³-hybridized carbons (Fsp3) is 0.600.